The third-order valence-electron chi connectivity index (χ3n) is 4.74. The quantitative estimate of drug-likeness (QED) is 0.731. The number of benzene rings is 2. The maximum atomic E-state index is 12.5. The molecular formula is C21H21N3O4S2. The van der Waals surface area contributed by atoms with Crippen molar-refractivity contribution in [3.63, 3.8) is 0 Å². The summed E-state index contributed by atoms with van der Waals surface area (Å²) in [6.07, 6.45) is 1.73. The molecular weight excluding hydrogens is 422 g/mol. The molecule has 0 saturated carbocycles. The molecule has 2 heterocycles. The van der Waals surface area contributed by atoms with Gasteiger partial charge in [0.25, 0.3) is 15.9 Å². The van der Waals surface area contributed by atoms with Crippen LogP contribution in [0.25, 0.3) is 6.08 Å². The lowest BCUT2D eigenvalue weighted by Gasteiger charge is -2.28. The first kappa shape index (κ1) is 20.6. The van der Waals surface area contributed by atoms with Crippen LogP contribution < -0.4 is 10.2 Å². The molecule has 0 spiro atoms. The molecule has 30 heavy (non-hydrogen) atoms. The highest BCUT2D eigenvalue weighted by atomic mass is 32.2. The molecule has 0 aliphatic carbocycles. The van der Waals surface area contributed by atoms with Gasteiger partial charge in [-0.05, 0) is 54.6 Å². The fraction of sp³-hybridized carbons (Fsp3) is 0.238. The Kier molecular flexibility index (Phi) is 5.94. The minimum atomic E-state index is -3.89. The van der Waals surface area contributed by atoms with Crippen LogP contribution in [0.1, 0.15) is 11.1 Å². The summed E-state index contributed by atoms with van der Waals surface area (Å²) in [5.74, 6) is -0.366. The van der Waals surface area contributed by atoms with E-state index in [1.54, 1.807) is 18.2 Å². The second-order valence-corrected chi connectivity index (χ2v) is 9.58. The van der Waals surface area contributed by atoms with Crippen molar-refractivity contribution in [1.82, 2.24) is 5.32 Å². The van der Waals surface area contributed by atoms with Gasteiger partial charge in [0, 0.05) is 18.8 Å². The molecule has 1 amide bonds. The van der Waals surface area contributed by atoms with E-state index in [0.29, 0.717) is 4.91 Å². The Hall–Kier alpha value is -2.62. The zero-order valence-electron chi connectivity index (χ0n) is 16.4. The van der Waals surface area contributed by atoms with Gasteiger partial charge in [-0.1, -0.05) is 29.8 Å². The Bertz CT molecular complexity index is 1100. The molecule has 2 aliphatic heterocycles. The first-order chi connectivity index (χ1) is 14.4. The van der Waals surface area contributed by atoms with Gasteiger partial charge >= 0.3 is 0 Å². The summed E-state index contributed by atoms with van der Waals surface area (Å²) < 4.78 is 34.1. The van der Waals surface area contributed by atoms with Crippen molar-refractivity contribution in [3.05, 3.63) is 64.6 Å². The molecule has 2 aromatic carbocycles. The zero-order valence-corrected chi connectivity index (χ0v) is 18.0. The van der Waals surface area contributed by atoms with E-state index in [-0.39, 0.29) is 16.0 Å². The van der Waals surface area contributed by atoms with Gasteiger partial charge in [-0.3, -0.25) is 10.1 Å². The Morgan fingerprint density at radius 3 is 2.40 bits per heavy atom. The third-order valence-corrected chi connectivity index (χ3v) is 7.06. The van der Waals surface area contributed by atoms with Crippen LogP contribution in [0.2, 0.25) is 0 Å². The number of aryl methyl sites for hydroxylation is 1. The Morgan fingerprint density at radius 2 is 1.73 bits per heavy atom. The van der Waals surface area contributed by atoms with E-state index in [4.69, 9.17) is 4.74 Å². The van der Waals surface area contributed by atoms with Gasteiger partial charge < -0.3 is 9.64 Å². The summed E-state index contributed by atoms with van der Waals surface area (Å²) in [6.45, 7) is 5.02. The number of sulfonamides is 1. The maximum absolute atomic E-state index is 12.5. The fourth-order valence-corrected chi connectivity index (χ4v) is 5.08. The molecule has 0 radical (unpaired) electrons. The summed E-state index contributed by atoms with van der Waals surface area (Å²) >= 11 is 1.01. The van der Waals surface area contributed by atoms with Crippen LogP contribution in [0.3, 0.4) is 0 Å². The molecule has 2 aliphatic rings. The van der Waals surface area contributed by atoms with Crippen molar-refractivity contribution >= 4 is 44.6 Å². The zero-order chi connectivity index (χ0) is 21.1. The molecule has 156 valence electrons. The van der Waals surface area contributed by atoms with Crippen molar-refractivity contribution in [3.8, 4) is 0 Å². The minimum Gasteiger partial charge on any atom is -0.378 e. The summed E-state index contributed by atoms with van der Waals surface area (Å²) in [5.41, 5.74) is 2.91. The Morgan fingerprint density at radius 1 is 1.07 bits per heavy atom. The molecule has 2 saturated heterocycles. The van der Waals surface area contributed by atoms with Crippen molar-refractivity contribution in [1.29, 1.82) is 0 Å². The normalized spacial score (nSPS) is 20.0. The van der Waals surface area contributed by atoms with Gasteiger partial charge in [0.05, 0.1) is 23.0 Å². The number of amides is 1. The van der Waals surface area contributed by atoms with Gasteiger partial charge in [-0.25, -0.2) is 0 Å². The number of carbonyl (C=O) groups excluding carboxylic acids is 1. The molecule has 4 rings (SSSR count). The highest BCUT2D eigenvalue weighted by Crippen LogP contribution is 2.28. The first-order valence-corrected chi connectivity index (χ1v) is 11.7. The number of nitrogens with one attached hydrogen (secondary N) is 1. The monoisotopic (exact) mass is 443 g/mol. The first-order valence-electron chi connectivity index (χ1n) is 9.46. The summed E-state index contributed by atoms with van der Waals surface area (Å²) in [6, 6.07) is 14.3. The standard InChI is InChI=1S/C21H21N3O4S2/c1-15-2-8-18(9-3-15)30(26,27)23-21-22-20(25)19(29-21)14-16-4-6-17(7-5-16)24-10-12-28-13-11-24/h2-9,14H,10-13H2,1H3,(H,22,23,25)/b19-14-. The number of hydrogen-bond donors (Lipinski definition) is 1. The van der Waals surface area contributed by atoms with Gasteiger partial charge in [-0.15, -0.1) is 4.40 Å². The number of nitrogens with zero attached hydrogens (tertiary/aromatic N) is 2. The van der Waals surface area contributed by atoms with Crippen LogP contribution in [0.15, 0.2) is 62.7 Å². The van der Waals surface area contributed by atoms with E-state index in [9.17, 15) is 13.2 Å². The largest absolute Gasteiger partial charge is 0.378 e. The number of morpholine rings is 1. The van der Waals surface area contributed by atoms with Gasteiger partial charge in [0.1, 0.15) is 0 Å². The number of thioether (sulfide) groups is 1. The summed E-state index contributed by atoms with van der Waals surface area (Å²) in [5, 5.41) is 2.58. The van der Waals surface area contributed by atoms with E-state index in [0.717, 1.165) is 54.9 Å². The number of amidine groups is 1. The summed E-state index contributed by atoms with van der Waals surface area (Å²) in [7, 11) is -3.89. The lowest BCUT2D eigenvalue weighted by Crippen LogP contribution is -2.36. The average Bonchev–Trinajstić information content (AvgIpc) is 3.07. The van der Waals surface area contributed by atoms with Crippen molar-refractivity contribution in [2.75, 3.05) is 31.2 Å². The second-order valence-electron chi connectivity index (χ2n) is 6.94. The van der Waals surface area contributed by atoms with E-state index >= 15 is 0 Å². The van der Waals surface area contributed by atoms with Crippen molar-refractivity contribution < 1.29 is 17.9 Å². The lowest BCUT2D eigenvalue weighted by molar-refractivity contribution is -0.115. The van der Waals surface area contributed by atoms with Gasteiger partial charge in [0.15, 0.2) is 5.17 Å². The highest BCUT2D eigenvalue weighted by molar-refractivity contribution is 8.19. The predicted molar refractivity (Wildman–Crippen MR) is 119 cm³/mol. The number of rotatable bonds is 4. The molecule has 7 nitrogen and oxygen atoms in total. The van der Waals surface area contributed by atoms with Crippen LogP contribution in [0.5, 0.6) is 0 Å². The van der Waals surface area contributed by atoms with E-state index < -0.39 is 10.0 Å². The van der Waals surface area contributed by atoms with Crippen LogP contribution in [-0.4, -0.2) is 45.8 Å². The number of anilines is 1. The summed E-state index contributed by atoms with van der Waals surface area (Å²) in [4.78, 5) is 15.0. The number of carbonyl (C=O) groups is 1. The Labute approximate surface area is 179 Å². The van der Waals surface area contributed by atoms with Crippen molar-refractivity contribution in [2.45, 2.75) is 11.8 Å². The third kappa shape index (κ3) is 4.75. The molecule has 0 unspecified atom stereocenters. The Balaban J connectivity index is 1.49. The molecule has 1 N–H and O–H groups in total. The molecule has 2 fully saturated rings. The molecule has 0 atom stereocenters. The minimum absolute atomic E-state index is 0.0526. The topological polar surface area (TPSA) is 88.1 Å². The molecule has 0 aromatic heterocycles. The van der Waals surface area contributed by atoms with Crippen LogP contribution in [-0.2, 0) is 19.6 Å². The number of hydrogen-bond acceptors (Lipinski definition) is 6. The predicted octanol–water partition coefficient (Wildman–Crippen LogP) is 2.78. The van der Waals surface area contributed by atoms with Crippen molar-refractivity contribution in [2.24, 2.45) is 4.40 Å². The molecule has 2 aromatic rings. The molecule has 9 heteroatoms. The second kappa shape index (κ2) is 8.63. The average molecular weight is 444 g/mol. The smallest absolute Gasteiger partial charge is 0.284 e. The van der Waals surface area contributed by atoms with Crippen LogP contribution >= 0.6 is 11.8 Å². The number of ether oxygens (including phenoxy) is 1. The van der Waals surface area contributed by atoms with E-state index in [2.05, 4.69) is 14.6 Å². The van der Waals surface area contributed by atoms with E-state index in [1.165, 1.54) is 12.1 Å². The SMILES string of the molecule is Cc1ccc(S(=O)(=O)/N=C2/NC(=O)/C(=C/c3ccc(N4CCOCC4)cc3)S2)cc1. The van der Waals surface area contributed by atoms with Crippen LogP contribution in [0, 0.1) is 6.92 Å². The van der Waals surface area contributed by atoms with Crippen LogP contribution in [0.4, 0.5) is 5.69 Å². The lowest BCUT2D eigenvalue weighted by atomic mass is 10.1. The maximum Gasteiger partial charge on any atom is 0.284 e. The van der Waals surface area contributed by atoms with E-state index in [1.807, 2.05) is 31.2 Å². The van der Waals surface area contributed by atoms with Gasteiger partial charge in [-0.2, -0.15) is 8.42 Å². The molecule has 0 bridgehead atoms. The van der Waals surface area contributed by atoms with Gasteiger partial charge in [0.2, 0.25) is 0 Å². The fourth-order valence-electron chi connectivity index (χ4n) is 3.10. The highest BCUT2D eigenvalue weighted by Gasteiger charge is 2.26.